The quantitative estimate of drug-likeness (QED) is 0.795. The van der Waals surface area contributed by atoms with E-state index in [-0.39, 0.29) is 5.91 Å². The van der Waals surface area contributed by atoms with Gasteiger partial charge in [-0.2, -0.15) is 0 Å². The maximum atomic E-state index is 10.9. The number of hydrogen-bond donors (Lipinski definition) is 2. The summed E-state index contributed by atoms with van der Waals surface area (Å²) in [4.78, 5) is 13.0. The molecule has 2 N–H and O–H groups in total. The number of hydrogen-bond acceptors (Lipinski definition) is 3. The maximum Gasteiger partial charge on any atom is 0.221 e. The fourth-order valence-corrected chi connectivity index (χ4v) is 1.91. The Balaban J connectivity index is 2.52. The number of nitrogens with one attached hydrogen (secondary N) is 1. The van der Waals surface area contributed by atoms with Gasteiger partial charge in [-0.3, -0.25) is 4.79 Å². The van der Waals surface area contributed by atoms with Gasteiger partial charge >= 0.3 is 0 Å². The van der Waals surface area contributed by atoms with Crippen LogP contribution in [0.4, 0.5) is 5.69 Å². The van der Waals surface area contributed by atoms with Crippen molar-refractivity contribution in [1.82, 2.24) is 4.90 Å². The van der Waals surface area contributed by atoms with Gasteiger partial charge in [0.05, 0.1) is 6.10 Å². The third-order valence-corrected chi connectivity index (χ3v) is 2.99. The number of carbonyl (C=O) groups excluding carboxylic acids is 1. The fourth-order valence-electron chi connectivity index (χ4n) is 1.91. The molecule has 106 valence electrons. The van der Waals surface area contributed by atoms with Gasteiger partial charge in [0.2, 0.25) is 5.91 Å². The van der Waals surface area contributed by atoms with Gasteiger partial charge in [-0.15, -0.1) is 0 Å². The Kier molecular flexibility index (Phi) is 6.53. The summed E-state index contributed by atoms with van der Waals surface area (Å²) in [5, 5.41) is 12.8. The van der Waals surface area contributed by atoms with E-state index in [1.54, 1.807) is 0 Å². The third-order valence-electron chi connectivity index (χ3n) is 2.99. The number of unbranched alkanes of at least 4 members (excludes halogenated alkanes) is 1. The van der Waals surface area contributed by atoms with Gasteiger partial charge in [0.1, 0.15) is 0 Å². The van der Waals surface area contributed by atoms with E-state index in [9.17, 15) is 9.90 Å². The van der Waals surface area contributed by atoms with Crippen LogP contribution in [-0.2, 0) is 4.79 Å². The Morgan fingerprint density at radius 3 is 2.53 bits per heavy atom. The van der Waals surface area contributed by atoms with Crippen molar-refractivity contribution in [1.29, 1.82) is 0 Å². The number of amides is 1. The van der Waals surface area contributed by atoms with Crippen LogP contribution in [-0.4, -0.2) is 36.1 Å². The Hall–Kier alpha value is -1.39. The molecule has 0 fully saturated rings. The lowest BCUT2D eigenvalue weighted by Gasteiger charge is -2.20. The van der Waals surface area contributed by atoms with Crippen LogP contribution in [0.15, 0.2) is 24.3 Å². The van der Waals surface area contributed by atoms with Crippen LogP contribution < -0.4 is 5.32 Å². The van der Waals surface area contributed by atoms with E-state index in [1.807, 2.05) is 31.3 Å². The van der Waals surface area contributed by atoms with Crippen LogP contribution in [0.5, 0.6) is 0 Å². The molecule has 0 aliphatic heterocycles. The summed E-state index contributed by atoms with van der Waals surface area (Å²) in [6.45, 7) is 5.26. The first-order valence-corrected chi connectivity index (χ1v) is 6.77. The number of likely N-dealkylation sites (N-methyl/N-ethyl adjacent to an activating group) is 1. The molecule has 0 saturated carbocycles. The van der Waals surface area contributed by atoms with E-state index in [2.05, 4.69) is 17.1 Å². The predicted octanol–water partition coefficient (Wildman–Crippen LogP) is 2.41. The summed E-state index contributed by atoms with van der Waals surface area (Å²) in [5.41, 5.74) is 1.63. The molecule has 1 aromatic carbocycles. The molecule has 4 nitrogen and oxygen atoms in total. The molecule has 0 aromatic heterocycles. The summed E-state index contributed by atoms with van der Waals surface area (Å²) in [7, 11) is 2.02. The third kappa shape index (κ3) is 5.85. The lowest BCUT2D eigenvalue weighted by molar-refractivity contribution is -0.114. The van der Waals surface area contributed by atoms with Gasteiger partial charge in [-0.05, 0) is 37.7 Å². The van der Waals surface area contributed by atoms with Gasteiger partial charge in [0, 0.05) is 19.2 Å². The molecule has 0 aliphatic rings. The molecule has 0 spiro atoms. The summed E-state index contributed by atoms with van der Waals surface area (Å²) in [5.74, 6) is -0.0902. The number of carbonyl (C=O) groups is 1. The molecule has 0 bridgehead atoms. The number of aliphatic hydroxyl groups excluding tert-OH is 1. The van der Waals surface area contributed by atoms with Crippen molar-refractivity contribution >= 4 is 11.6 Å². The number of aliphatic hydroxyl groups is 1. The summed E-state index contributed by atoms with van der Waals surface area (Å²) < 4.78 is 0. The summed E-state index contributed by atoms with van der Waals surface area (Å²) in [6, 6.07) is 7.32. The topological polar surface area (TPSA) is 52.6 Å². The average Bonchev–Trinajstić information content (AvgIpc) is 2.36. The van der Waals surface area contributed by atoms with Crippen molar-refractivity contribution in [2.24, 2.45) is 0 Å². The molecule has 0 radical (unpaired) electrons. The van der Waals surface area contributed by atoms with Gasteiger partial charge < -0.3 is 15.3 Å². The zero-order chi connectivity index (χ0) is 14.3. The second-order valence-corrected chi connectivity index (χ2v) is 4.93. The standard InChI is InChI=1S/C15H24N2O2/c1-4-5-10-17(3)11-15(19)13-6-8-14(9-7-13)16-12(2)18/h6-9,15,19H,4-5,10-11H2,1-3H3,(H,16,18). The lowest BCUT2D eigenvalue weighted by atomic mass is 10.1. The molecule has 1 aromatic rings. The molecule has 19 heavy (non-hydrogen) atoms. The molecule has 1 rings (SSSR count). The van der Waals surface area contributed by atoms with Crippen LogP contribution in [0.3, 0.4) is 0 Å². The molecule has 1 unspecified atom stereocenters. The zero-order valence-electron chi connectivity index (χ0n) is 12.0. The second kappa shape index (κ2) is 7.92. The van der Waals surface area contributed by atoms with Gasteiger partial charge in [-0.1, -0.05) is 25.5 Å². The van der Waals surface area contributed by atoms with Crippen LogP contribution >= 0.6 is 0 Å². The van der Waals surface area contributed by atoms with Gasteiger partial charge in [0.15, 0.2) is 0 Å². The molecule has 1 amide bonds. The van der Waals surface area contributed by atoms with Gasteiger partial charge in [-0.25, -0.2) is 0 Å². The van der Waals surface area contributed by atoms with Gasteiger partial charge in [0.25, 0.3) is 0 Å². The first kappa shape index (κ1) is 15.7. The molecule has 0 heterocycles. The Labute approximate surface area is 115 Å². The number of rotatable bonds is 7. The normalized spacial score (nSPS) is 12.5. The number of benzene rings is 1. The highest BCUT2D eigenvalue weighted by molar-refractivity contribution is 5.88. The van der Waals surface area contributed by atoms with Crippen molar-refractivity contribution in [2.45, 2.75) is 32.8 Å². The smallest absolute Gasteiger partial charge is 0.221 e. The number of anilines is 1. The molecular formula is C15H24N2O2. The van der Waals surface area contributed by atoms with Crippen LogP contribution in [0.1, 0.15) is 38.4 Å². The maximum absolute atomic E-state index is 10.9. The van der Waals surface area contributed by atoms with Crippen molar-refractivity contribution in [3.63, 3.8) is 0 Å². The van der Waals surface area contributed by atoms with Crippen molar-refractivity contribution < 1.29 is 9.90 Å². The molecular weight excluding hydrogens is 240 g/mol. The summed E-state index contributed by atoms with van der Waals surface area (Å²) in [6.07, 6.45) is 1.81. The minimum absolute atomic E-state index is 0.0902. The monoisotopic (exact) mass is 264 g/mol. The van der Waals surface area contributed by atoms with E-state index in [0.29, 0.717) is 6.54 Å². The Bertz CT molecular complexity index is 390. The summed E-state index contributed by atoms with van der Waals surface area (Å²) >= 11 is 0. The zero-order valence-corrected chi connectivity index (χ0v) is 12.0. The van der Waals surface area contributed by atoms with Crippen molar-refractivity contribution in [2.75, 3.05) is 25.5 Å². The first-order valence-electron chi connectivity index (χ1n) is 6.77. The van der Waals surface area contributed by atoms with Crippen molar-refractivity contribution in [3.05, 3.63) is 29.8 Å². The fraction of sp³-hybridized carbons (Fsp3) is 0.533. The minimum atomic E-state index is -0.492. The van der Waals surface area contributed by atoms with E-state index < -0.39 is 6.10 Å². The van der Waals surface area contributed by atoms with Crippen LogP contribution in [0, 0.1) is 0 Å². The average molecular weight is 264 g/mol. The minimum Gasteiger partial charge on any atom is -0.387 e. The SMILES string of the molecule is CCCCN(C)CC(O)c1ccc(NC(C)=O)cc1. The van der Waals surface area contributed by atoms with Crippen LogP contribution in [0.25, 0.3) is 0 Å². The molecule has 4 heteroatoms. The number of nitrogens with zero attached hydrogens (tertiary/aromatic N) is 1. The predicted molar refractivity (Wildman–Crippen MR) is 78.1 cm³/mol. The largest absolute Gasteiger partial charge is 0.387 e. The van der Waals surface area contributed by atoms with Crippen molar-refractivity contribution in [3.8, 4) is 0 Å². The molecule has 1 atom stereocenters. The Morgan fingerprint density at radius 1 is 1.37 bits per heavy atom. The van der Waals surface area contributed by atoms with E-state index >= 15 is 0 Å². The first-order chi connectivity index (χ1) is 9.02. The highest BCUT2D eigenvalue weighted by atomic mass is 16.3. The lowest BCUT2D eigenvalue weighted by Crippen LogP contribution is -2.25. The van der Waals surface area contributed by atoms with E-state index in [1.165, 1.54) is 6.92 Å². The highest BCUT2D eigenvalue weighted by Crippen LogP contribution is 2.17. The molecule has 0 aliphatic carbocycles. The van der Waals surface area contributed by atoms with E-state index in [4.69, 9.17) is 0 Å². The Morgan fingerprint density at radius 2 is 2.00 bits per heavy atom. The highest BCUT2D eigenvalue weighted by Gasteiger charge is 2.10. The van der Waals surface area contributed by atoms with Crippen LogP contribution in [0.2, 0.25) is 0 Å². The van der Waals surface area contributed by atoms with E-state index in [0.717, 1.165) is 30.6 Å². The second-order valence-electron chi connectivity index (χ2n) is 4.93. The molecule has 0 saturated heterocycles.